The molecule has 0 saturated carbocycles. The van der Waals surface area contributed by atoms with Crippen LogP contribution in [0.3, 0.4) is 0 Å². The summed E-state index contributed by atoms with van der Waals surface area (Å²) in [6.07, 6.45) is 6.00. The minimum Gasteiger partial charge on any atom is -0.480 e. The number of carbonyl (C=O) groups is 4. The molecule has 1 aromatic heterocycles. The van der Waals surface area contributed by atoms with Crippen LogP contribution in [0.15, 0.2) is 17.5 Å². The number of hydrogen-bond donors (Lipinski definition) is 6. The van der Waals surface area contributed by atoms with Crippen molar-refractivity contribution in [1.82, 2.24) is 25.1 Å². The van der Waals surface area contributed by atoms with Gasteiger partial charge < -0.3 is 42.4 Å². The molecule has 0 aromatic carbocycles. The molecule has 4 atom stereocenters. The van der Waals surface area contributed by atoms with Crippen molar-refractivity contribution >= 4 is 29.7 Å². The van der Waals surface area contributed by atoms with Crippen molar-refractivity contribution in [3.63, 3.8) is 0 Å². The van der Waals surface area contributed by atoms with Crippen LogP contribution in [0.1, 0.15) is 44.2 Å². The van der Waals surface area contributed by atoms with Crippen LogP contribution in [-0.2, 0) is 25.6 Å². The Balaban J connectivity index is 1.61. The van der Waals surface area contributed by atoms with Gasteiger partial charge in [0.1, 0.15) is 18.1 Å². The molecule has 3 heterocycles. The summed E-state index contributed by atoms with van der Waals surface area (Å²) < 4.78 is 0. The van der Waals surface area contributed by atoms with E-state index in [1.165, 1.54) is 22.3 Å². The topological polar surface area (TPSA) is 226 Å². The Morgan fingerprint density at radius 2 is 1.86 bits per heavy atom. The summed E-state index contributed by atoms with van der Waals surface area (Å²) in [5, 5.41) is 12.1. The first-order valence-electron chi connectivity index (χ1n) is 12.1. The third-order valence-corrected chi connectivity index (χ3v) is 6.54. The summed E-state index contributed by atoms with van der Waals surface area (Å²) >= 11 is 0. The molecule has 14 heteroatoms. The molecule has 1 aromatic rings. The highest BCUT2D eigenvalue weighted by Gasteiger charge is 2.43. The zero-order chi connectivity index (χ0) is 26.2. The molecule has 2 aliphatic heterocycles. The average molecular weight is 506 g/mol. The maximum atomic E-state index is 13.4. The Morgan fingerprint density at radius 3 is 2.50 bits per heavy atom. The van der Waals surface area contributed by atoms with Crippen LogP contribution in [0, 0.1) is 0 Å². The molecule has 2 fully saturated rings. The van der Waals surface area contributed by atoms with Crippen LogP contribution in [0.5, 0.6) is 0 Å². The van der Waals surface area contributed by atoms with E-state index in [-0.39, 0.29) is 24.2 Å². The van der Waals surface area contributed by atoms with E-state index in [9.17, 15) is 24.3 Å². The Labute approximate surface area is 208 Å². The first-order valence-corrected chi connectivity index (χ1v) is 12.1. The highest BCUT2D eigenvalue weighted by molar-refractivity contribution is 5.94. The number of amides is 3. The van der Waals surface area contributed by atoms with Crippen molar-refractivity contribution in [3.8, 4) is 0 Å². The number of likely N-dealkylation sites (tertiary alicyclic amines) is 2. The molecule has 0 bridgehead atoms. The Kier molecular flexibility index (Phi) is 9.22. The number of aliphatic imine (C=N–C) groups is 1. The predicted octanol–water partition coefficient (Wildman–Crippen LogP) is -2.12. The highest BCUT2D eigenvalue weighted by atomic mass is 16.4. The summed E-state index contributed by atoms with van der Waals surface area (Å²) in [6.45, 7) is 1.12. The number of aliphatic carboxylic acids is 1. The predicted molar refractivity (Wildman–Crippen MR) is 129 cm³/mol. The van der Waals surface area contributed by atoms with Crippen LogP contribution in [0.4, 0.5) is 0 Å². The Morgan fingerprint density at radius 1 is 1.17 bits per heavy atom. The highest BCUT2D eigenvalue weighted by Crippen LogP contribution is 2.26. The molecular weight excluding hydrogens is 470 g/mol. The molecule has 14 nitrogen and oxygen atoms in total. The normalized spacial score (nSPS) is 21.1. The minimum atomic E-state index is -1.18. The number of nitrogens with zero attached hydrogens (tertiary/aromatic N) is 4. The zero-order valence-corrected chi connectivity index (χ0v) is 20.1. The van der Waals surface area contributed by atoms with Crippen molar-refractivity contribution in [1.29, 1.82) is 0 Å². The van der Waals surface area contributed by atoms with Gasteiger partial charge in [-0.2, -0.15) is 0 Å². The second-order valence-electron chi connectivity index (χ2n) is 9.12. The summed E-state index contributed by atoms with van der Waals surface area (Å²) in [5.41, 5.74) is 17.3. The number of guanidine groups is 1. The van der Waals surface area contributed by atoms with Gasteiger partial charge in [0.2, 0.25) is 17.7 Å². The van der Waals surface area contributed by atoms with E-state index in [1.54, 1.807) is 0 Å². The number of aromatic amines is 1. The van der Waals surface area contributed by atoms with Gasteiger partial charge in [0.25, 0.3) is 0 Å². The van der Waals surface area contributed by atoms with Gasteiger partial charge >= 0.3 is 5.97 Å². The smallest absolute Gasteiger partial charge is 0.326 e. The maximum Gasteiger partial charge on any atom is 0.326 e. The van der Waals surface area contributed by atoms with E-state index in [0.29, 0.717) is 63.9 Å². The lowest BCUT2D eigenvalue weighted by molar-refractivity contribution is -0.148. The molecule has 2 aliphatic rings. The van der Waals surface area contributed by atoms with E-state index in [0.717, 1.165) is 0 Å². The van der Waals surface area contributed by atoms with Crippen LogP contribution in [0.25, 0.3) is 0 Å². The van der Waals surface area contributed by atoms with Crippen molar-refractivity contribution in [2.45, 2.75) is 69.1 Å². The van der Waals surface area contributed by atoms with Crippen LogP contribution in [0.2, 0.25) is 0 Å². The third kappa shape index (κ3) is 6.71. The van der Waals surface area contributed by atoms with E-state index in [1.807, 2.05) is 0 Å². The first-order chi connectivity index (χ1) is 17.2. The van der Waals surface area contributed by atoms with Crippen molar-refractivity contribution in [3.05, 3.63) is 18.2 Å². The number of imidazole rings is 1. The summed E-state index contributed by atoms with van der Waals surface area (Å²) in [7, 11) is 0. The van der Waals surface area contributed by atoms with E-state index < -0.39 is 36.0 Å². The van der Waals surface area contributed by atoms with Crippen molar-refractivity contribution < 1.29 is 24.3 Å². The second-order valence-corrected chi connectivity index (χ2v) is 9.12. The largest absolute Gasteiger partial charge is 0.480 e. The number of rotatable bonds is 11. The maximum absolute atomic E-state index is 13.4. The third-order valence-electron chi connectivity index (χ3n) is 6.54. The van der Waals surface area contributed by atoms with Crippen LogP contribution < -0.4 is 22.5 Å². The number of hydrogen-bond acceptors (Lipinski definition) is 7. The molecule has 0 radical (unpaired) electrons. The van der Waals surface area contributed by atoms with Gasteiger partial charge in [0, 0.05) is 37.9 Å². The monoisotopic (exact) mass is 505 g/mol. The van der Waals surface area contributed by atoms with Gasteiger partial charge in [-0.3, -0.25) is 19.4 Å². The SMILES string of the molecule is NC(N)=NCCCC(N)C(=O)N1CCCC1C(=O)N1CCCC1C(=O)NC(Cc1cnc[nH]1)C(=O)O. The lowest BCUT2D eigenvalue weighted by atomic mass is 10.1. The molecule has 0 aliphatic carbocycles. The first kappa shape index (κ1) is 26.9. The molecule has 0 spiro atoms. The average Bonchev–Trinajstić information content (AvgIpc) is 3.61. The number of carboxylic acid groups (broad SMARTS) is 1. The van der Waals surface area contributed by atoms with Gasteiger partial charge in [-0.1, -0.05) is 0 Å². The molecule has 9 N–H and O–H groups in total. The zero-order valence-electron chi connectivity index (χ0n) is 20.1. The molecule has 198 valence electrons. The van der Waals surface area contributed by atoms with Crippen molar-refractivity contribution in [2.24, 2.45) is 22.2 Å². The number of carbonyl (C=O) groups excluding carboxylic acids is 3. The van der Waals surface area contributed by atoms with Gasteiger partial charge in [-0.15, -0.1) is 0 Å². The van der Waals surface area contributed by atoms with Gasteiger partial charge in [-0.05, 0) is 38.5 Å². The number of nitrogens with one attached hydrogen (secondary N) is 2. The number of nitrogens with two attached hydrogens (primary N) is 3. The quantitative estimate of drug-likeness (QED) is 0.110. The van der Waals surface area contributed by atoms with Gasteiger partial charge in [0.05, 0.1) is 12.4 Å². The van der Waals surface area contributed by atoms with Gasteiger partial charge in [-0.25, -0.2) is 9.78 Å². The van der Waals surface area contributed by atoms with E-state index in [4.69, 9.17) is 17.2 Å². The Bertz CT molecular complexity index is 963. The fourth-order valence-electron chi connectivity index (χ4n) is 4.72. The minimum absolute atomic E-state index is 0.0275. The molecule has 3 rings (SSSR count). The second kappa shape index (κ2) is 12.3. The fraction of sp³-hybridized carbons (Fsp3) is 0.636. The summed E-state index contributed by atoms with van der Waals surface area (Å²) in [5.74, 6) is -2.37. The van der Waals surface area contributed by atoms with E-state index in [2.05, 4.69) is 20.3 Å². The van der Waals surface area contributed by atoms with Crippen molar-refractivity contribution in [2.75, 3.05) is 19.6 Å². The number of H-pyrrole nitrogens is 1. The molecule has 4 unspecified atom stereocenters. The molecule has 3 amide bonds. The number of aromatic nitrogens is 2. The van der Waals surface area contributed by atoms with E-state index >= 15 is 0 Å². The molecule has 36 heavy (non-hydrogen) atoms. The molecule has 2 saturated heterocycles. The molecular formula is C22H35N9O5. The number of carboxylic acids is 1. The summed E-state index contributed by atoms with van der Waals surface area (Å²) in [6, 6.07) is -3.46. The fourth-order valence-corrected chi connectivity index (χ4v) is 4.72. The lowest BCUT2D eigenvalue weighted by Crippen LogP contribution is -2.56. The standard InChI is InChI=1S/C22H35N9O5/c23-14(4-1-7-27-22(24)25)19(33)31-9-3-6-17(31)20(34)30-8-2-5-16(30)18(32)29-15(21(35)36)10-13-11-26-12-28-13/h11-12,14-17H,1-10,23H2,(H,26,28)(H,29,32)(H,35,36)(H4,24,25,27). The summed E-state index contributed by atoms with van der Waals surface area (Å²) in [4.78, 5) is 64.7. The Hall–Kier alpha value is -3.68. The van der Waals surface area contributed by atoms with Crippen LogP contribution in [-0.4, -0.2) is 98.3 Å². The van der Waals surface area contributed by atoms with Crippen LogP contribution >= 0.6 is 0 Å². The van der Waals surface area contributed by atoms with Gasteiger partial charge in [0.15, 0.2) is 5.96 Å². The lowest BCUT2D eigenvalue weighted by Gasteiger charge is -2.32.